The van der Waals surface area contributed by atoms with E-state index in [9.17, 15) is 0 Å². The van der Waals surface area contributed by atoms with Crippen LogP contribution in [-0.2, 0) is 0 Å². The van der Waals surface area contributed by atoms with E-state index in [1.807, 2.05) is 18.2 Å². The van der Waals surface area contributed by atoms with Crippen LogP contribution in [-0.4, -0.2) is 9.97 Å². The molecule has 0 radical (unpaired) electrons. The quantitative estimate of drug-likeness (QED) is 0.574. The van der Waals surface area contributed by atoms with Crippen molar-refractivity contribution in [2.24, 2.45) is 5.73 Å². The Hall–Kier alpha value is -0.960. The average molecular weight is 154 g/mol. The van der Waals surface area contributed by atoms with Gasteiger partial charge < -0.3 is 5.73 Å². The predicted octanol–water partition coefficient (Wildman–Crippen LogP) is 1.37. The number of nitrogens with zero attached hydrogens (tertiary/aromatic N) is 1. The lowest BCUT2D eigenvalue weighted by atomic mass is 10.5. The fourth-order valence-corrected chi connectivity index (χ4v) is 0.313. The smallest absolute Gasteiger partial charge is 0.0695 e. The maximum atomic E-state index is 4.84. The first-order chi connectivity index (χ1) is 4.73. The van der Waals surface area contributed by atoms with E-state index in [0.717, 1.165) is 0 Å². The molecule has 2 N–H and O–H groups in total. The molecule has 0 aliphatic heterocycles. The molecule has 1 aromatic rings. The number of hydrogen-bond acceptors (Lipinski definition) is 2. The van der Waals surface area contributed by atoms with Crippen LogP contribution in [0.25, 0.3) is 0 Å². The standard InChI is InChI=1S/C5H5N.C2H5NS/c1-2-4-6-5-3-1;1-2(3)4/h1-5H;1H3,(H2,3,4). The summed E-state index contributed by atoms with van der Waals surface area (Å²) < 4.78 is 0. The molecule has 3 heteroatoms. The second kappa shape index (κ2) is 6.16. The topological polar surface area (TPSA) is 38.9 Å². The second-order valence-electron chi connectivity index (χ2n) is 1.64. The zero-order valence-corrected chi connectivity index (χ0v) is 6.64. The third-order valence-electron chi connectivity index (χ3n) is 0.566. The van der Waals surface area contributed by atoms with Gasteiger partial charge in [0.2, 0.25) is 0 Å². The minimum absolute atomic E-state index is 0.500. The number of rotatable bonds is 0. The van der Waals surface area contributed by atoms with Gasteiger partial charge in [0.1, 0.15) is 0 Å². The Labute approximate surface area is 66.1 Å². The first-order valence-corrected chi connectivity index (χ1v) is 3.25. The van der Waals surface area contributed by atoms with Crippen LogP contribution in [0.5, 0.6) is 0 Å². The van der Waals surface area contributed by atoms with Gasteiger partial charge in [-0.3, -0.25) is 4.98 Å². The van der Waals surface area contributed by atoms with Crippen molar-refractivity contribution in [3.63, 3.8) is 0 Å². The molecule has 1 aromatic heterocycles. The molecule has 0 atom stereocenters. The molecule has 54 valence electrons. The molecule has 0 bridgehead atoms. The zero-order valence-electron chi connectivity index (χ0n) is 5.82. The molecule has 1 rings (SSSR count). The van der Waals surface area contributed by atoms with E-state index in [1.165, 1.54) is 0 Å². The van der Waals surface area contributed by atoms with Gasteiger partial charge in [-0.15, -0.1) is 0 Å². The molecular weight excluding hydrogens is 144 g/mol. The highest BCUT2D eigenvalue weighted by molar-refractivity contribution is 7.80. The first-order valence-electron chi connectivity index (χ1n) is 2.84. The maximum Gasteiger partial charge on any atom is 0.0695 e. The van der Waals surface area contributed by atoms with Crippen molar-refractivity contribution < 1.29 is 0 Å². The van der Waals surface area contributed by atoms with Crippen molar-refractivity contribution in [3.8, 4) is 0 Å². The lowest BCUT2D eigenvalue weighted by Crippen LogP contribution is -1.98. The maximum absolute atomic E-state index is 4.84. The minimum Gasteiger partial charge on any atom is -0.394 e. The lowest BCUT2D eigenvalue weighted by Gasteiger charge is -1.70. The van der Waals surface area contributed by atoms with Crippen LogP contribution < -0.4 is 5.73 Å². The third kappa shape index (κ3) is 10.1. The van der Waals surface area contributed by atoms with E-state index >= 15 is 0 Å². The number of pyridine rings is 1. The zero-order chi connectivity index (χ0) is 7.82. The highest BCUT2D eigenvalue weighted by atomic mass is 32.1. The molecule has 0 aromatic carbocycles. The van der Waals surface area contributed by atoms with Gasteiger partial charge >= 0.3 is 0 Å². The van der Waals surface area contributed by atoms with Crippen LogP contribution >= 0.6 is 12.2 Å². The monoisotopic (exact) mass is 154 g/mol. The van der Waals surface area contributed by atoms with Gasteiger partial charge in [0.25, 0.3) is 0 Å². The Balaban J connectivity index is 0.000000180. The third-order valence-corrected chi connectivity index (χ3v) is 0.566. The fourth-order valence-electron chi connectivity index (χ4n) is 0.313. The van der Waals surface area contributed by atoms with Gasteiger partial charge in [-0.05, 0) is 19.1 Å². The summed E-state index contributed by atoms with van der Waals surface area (Å²) in [6.07, 6.45) is 3.50. The Bertz CT molecular complexity index is 144. The Morgan fingerprint density at radius 2 is 1.70 bits per heavy atom. The average Bonchev–Trinajstić information content (AvgIpc) is 1.90. The number of nitrogens with two attached hydrogens (primary N) is 1. The van der Waals surface area contributed by atoms with Crippen molar-refractivity contribution in [2.45, 2.75) is 6.92 Å². The Kier molecular flexibility index (Phi) is 5.57. The van der Waals surface area contributed by atoms with Crippen LogP contribution in [0.15, 0.2) is 30.6 Å². The molecule has 0 saturated heterocycles. The minimum atomic E-state index is 0.500. The van der Waals surface area contributed by atoms with Crippen molar-refractivity contribution in [2.75, 3.05) is 0 Å². The molecule has 0 spiro atoms. The van der Waals surface area contributed by atoms with Crippen LogP contribution in [0.2, 0.25) is 0 Å². The number of hydrogen-bond donors (Lipinski definition) is 1. The molecular formula is C7H10N2S. The van der Waals surface area contributed by atoms with Gasteiger partial charge in [-0.2, -0.15) is 0 Å². The van der Waals surface area contributed by atoms with Crippen molar-refractivity contribution in [1.29, 1.82) is 0 Å². The molecule has 0 amide bonds. The molecule has 0 saturated carbocycles. The summed E-state index contributed by atoms with van der Waals surface area (Å²) in [5.74, 6) is 0. The SMILES string of the molecule is CC(N)=S.c1ccncc1. The van der Waals surface area contributed by atoms with Gasteiger partial charge in [0.05, 0.1) is 4.99 Å². The highest BCUT2D eigenvalue weighted by Crippen LogP contribution is 1.73. The Morgan fingerprint density at radius 3 is 1.80 bits per heavy atom. The van der Waals surface area contributed by atoms with Crippen molar-refractivity contribution >= 4 is 17.2 Å². The second-order valence-corrected chi connectivity index (χ2v) is 2.28. The van der Waals surface area contributed by atoms with Gasteiger partial charge in [-0.25, -0.2) is 0 Å². The molecule has 2 nitrogen and oxygen atoms in total. The Morgan fingerprint density at radius 1 is 1.30 bits per heavy atom. The normalized spacial score (nSPS) is 7.30. The van der Waals surface area contributed by atoms with E-state index in [2.05, 4.69) is 17.2 Å². The molecule has 0 aliphatic rings. The largest absolute Gasteiger partial charge is 0.394 e. The number of aromatic nitrogens is 1. The summed E-state index contributed by atoms with van der Waals surface area (Å²) in [5.41, 5.74) is 4.84. The van der Waals surface area contributed by atoms with Gasteiger partial charge in [0.15, 0.2) is 0 Å². The molecule has 1 heterocycles. The molecule has 0 aliphatic carbocycles. The van der Waals surface area contributed by atoms with Crippen LogP contribution in [0.3, 0.4) is 0 Å². The van der Waals surface area contributed by atoms with Gasteiger partial charge in [0, 0.05) is 12.4 Å². The molecule has 10 heavy (non-hydrogen) atoms. The summed E-state index contributed by atoms with van der Waals surface area (Å²) in [5, 5.41) is 0. The fraction of sp³-hybridized carbons (Fsp3) is 0.143. The van der Waals surface area contributed by atoms with Crippen LogP contribution in [0, 0.1) is 0 Å². The molecule has 0 fully saturated rings. The number of thiocarbonyl (C=S) groups is 1. The van der Waals surface area contributed by atoms with E-state index < -0.39 is 0 Å². The van der Waals surface area contributed by atoms with Crippen LogP contribution in [0.4, 0.5) is 0 Å². The summed E-state index contributed by atoms with van der Waals surface area (Å²) in [7, 11) is 0. The van der Waals surface area contributed by atoms with E-state index in [1.54, 1.807) is 19.3 Å². The van der Waals surface area contributed by atoms with E-state index in [0.29, 0.717) is 4.99 Å². The summed E-state index contributed by atoms with van der Waals surface area (Å²) in [4.78, 5) is 4.28. The van der Waals surface area contributed by atoms with E-state index in [-0.39, 0.29) is 0 Å². The summed E-state index contributed by atoms with van der Waals surface area (Å²) in [6, 6.07) is 5.72. The predicted molar refractivity (Wildman–Crippen MR) is 46.7 cm³/mol. The van der Waals surface area contributed by atoms with Crippen molar-refractivity contribution in [1.82, 2.24) is 4.98 Å². The molecule has 0 unspecified atom stereocenters. The summed E-state index contributed by atoms with van der Waals surface area (Å²) in [6.45, 7) is 1.68. The van der Waals surface area contributed by atoms with Gasteiger partial charge in [-0.1, -0.05) is 18.3 Å². The highest BCUT2D eigenvalue weighted by Gasteiger charge is 1.58. The first kappa shape index (κ1) is 9.04. The summed E-state index contributed by atoms with van der Waals surface area (Å²) >= 11 is 4.31. The van der Waals surface area contributed by atoms with Crippen LogP contribution in [0.1, 0.15) is 6.92 Å². The van der Waals surface area contributed by atoms with Crippen molar-refractivity contribution in [3.05, 3.63) is 30.6 Å². The van der Waals surface area contributed by atoms with E-state index in [4.69, 9.17) is 5.73 Å². The lowest BCUT2D eigenvalue weighted by molar-refractivity contribution is 1.33.